The first-order valence-corrected chi connectivity index (χ1v) is 9.23. The van der Waals surface area contributed by atoms with Crippen molar-refractivity contribution in [3.05, 3.63) is 109 Å². The summed E-state index contributed by atoms with van der Waals surface area (Å²) in [6.07, 6.45) is 0. The molecule has 1 heteroatoms. The van der Waals surface area contributed by atoms with E-state index in [1.807, 2.05) is 0 Å². The molecule has 0 aliphatic heterocycles. The fourth-order valence-electron chi connectivity index (χ4n) is 3.80. The summed E-state index contributed by atoms with van der Waals surface area (Å²) in [6, 6.07) is 38.3. The van der Waals surface area contributed by atoms with Crippen LogP contribution in [-0.4, -0.2) is 4.98 Å². The number of benzene rings is 4. The van der Waals surface area contributed by atoms with Crippen LogP contribution in [0.3, 0.4) is 0 Å². The highest BCUT2D eigenvalue weighted by Gasteiger charge is 2.16. The molecule has 0 aliphatic carbocycles. The summed E-state index contributed by atoms with van der Waals surface area (Å²) >= 11 is 0. The van der Waals surface area contributed by atoms with Crippen molar-refractivity contribution in [2.24, 2.45) is 0 Å². The van der Waals surface area contributed by atoms with Gasteiger partial charge in [-0.25, -0.2) is 0 Å². The van der Waals surface area contributed by atoms with E-state index in [9.17, 15) is 0 Å². The Morgan fingerprint density at radius 1 is 0.407 bits per heavy atom. The van der Waals surface area contributed by atoms with E-state index in [0.29, 0.717) is 0 Å². The molecule has 0 saturated carbocycles. The van der Waals surface area contributed by atoms with Crippen LogP contribution < -0.4 is 0 Å². The Balaban J connectivity index is 1.87. The summed E-state index contributed by atoms with van der Waals surface area (Å²) in [5.74, 6) is 0. The molecule has 4 aromatic carbocycles. The standard InChI is InChI=1S/C26H19N/c1-4-11-19(12-5-1)22-17-10-18-23-24(22)26(21-15-8-3-9-16-21)27-25(23)20-13-6-2-7-14-20/h1-18,27H. The fraction of sp³-hybridized carbons (Fsp3) is 0. The molecule has 0 fully saturated rings. The SMILES string of the molecule is c1ccc(-c2[nH]c(-c3ccccc3)c3c(-c4ccccc4)cccc23)cc1. The number of aromatic nitrogens is 1. The summed E-state index contributed by atoms with van der Waals surface area (Å²) in [4.78, 5) is 3.73. The van der Waals surface area contributed by atoms with Crippen LogP contribution in [0.2, 0.25) is 0 Å². The van der Waals surface area contributed by atoms with E-state index in [1.54, 1.807) is 0 Å². The van der Waals surface area contributed by atoms with Crippen molar-refractivity contribution in [3.63, 3.8) is 0 Å². The lowest BCUT2D eigenvalue weighted by molar-refractivity contribution is 1.40. The molecule has 1 nitrogen and oxygen atoms in total. The minimum Gasteiger partial charge on any atom is -0.354 e. The molecule has 0 spiro atoms. The highest BCUT2D eigenvalue weighted by atomic mass is 14.7. The number of hydrogen-bond donors (Lipinski definition) is 1. The molecule has 1 heterocycles. The summed E-state index contributed by atoms with van der Waals surface area (Å²) in [6.45, 7) is 0. The van der Waals surface area contributed by atoms with Crippen LogP contribution in [0.1, 0.15) is 0 Å². The third-order valence-electron chi connectivity index (χ3n) is 5.04. The lowest BCUT2D eigenvalue weighted by Gasteiger charge is -2.07. The monoisotopic (exact) mass is 345 g/mol. The van der Waals surface area contributed by atoms with Crippen LogP contribution in [0.25, 0.3) is 44.4 Å². The predicted molar refractivity (Wildman–Crippen MR) is 115 cm³/mol. The van der Waals surface area contributed by atoms with Crippen molar-refractivity contribution in [3.8, 4) is 33.6 Å². The van der Waals surface area contributed by atoms with Crippen molar-refractivity contribution in [1.29, 1.82) is 0 Å². The van der Waals surface area contributed by atoms with Gasteiger partial charge in [-0.3, -0.25) is 0 Å². The molecule has 1 N–H and O–H groups in total. The van der Waals surface area contributed by atoms with Crippen LogP contribution in [0.4, 0.5) is 0 Å². The topological polar surface area (TPSA) is 15.8 Å². The second-order valence-corrected chi connectivity index (χ2v) is 6.70. The zero-order valence-electron chi connectivity index (χ0n) is 14.9. The number of fused-ring (bicyclic) bond motifs is 1. The van der Waals surface area contributed by atoms with Crippen LogP contribution in [0, 0.1) is 0 Å². The van der Waals surface area contributed by atoms with Gasteiger partial charge in [0.05, 0.1) is 11.4 Å². The lowest BCUT2D eigenvalue weighted by Crippen LogP contribution is -1.82. The summed E-state index contributed by atoms with van der Waals surface area (Å²) < 4.78 is 0. The molecule has 128 valence electrons. The Labute approximate surface area is 158 Å². The summed E-state index contributed by atoms with van der Waals surface area (Å²) in [7, 11) is 0. The van der Waals surface area contributed by atoms with E-state index in [1.165, 1.54) is 44.4 Å². The Morgan fingerprint density at radius 3 is 1.52 bits per heavy atom. The van der Waals surface area contributed by atoms with E-state index < -0.39 is 0 Å². The maximum Gasteiger partial charge on any atom is 0.0544 e. The van der Waals surface area contributed by atoms with Crippen molar-refractivity contribution in [2.75, 3.05) is 0 Å². The zero-order chi connectivity index (χ0) is 18.1. The van der Waals surface area contributed by atoms with E-state index in [4.69, 9.17) is 0 Å². The number of aromatic amines is 1. The smallest absolute Gasteiger partial charge is 0.0544 e. The largest absolute Gasteiger partial charge is 0.354 e. The predicted octanol–water partition coefficient (Wildman–Crippen LogP) is 7.17. The number of hydrogen-bond acceptors (Lipinski definition) is 0. The van der Waals surface area contributed by atoms with Gasteiger partial charge >= 0.3 is 0 Å². The Bertz CT molecular complexity index is 1190. The van der Waals surface area contributed by atoms with Gasteiger partial charge in [0, 0.05) is 10.8 Å². The van der Waals surface area contributed by atoms with Gasteiger partial charge in [0.2, 0.25) is 0 Å². The maximum absolute atomic E-state index is 3.73. The van der Waals surface area contributed by atoms with Gasteiger partial charge < -0.3 is 4.98 Å². The highest BCUT2D eigenvalue weighted by Crippen LogP contribution is 2.41. The molecule has 1 aromatic heterocycles. The third kappa shape index (κ3) is 2.74. The first-order valence-electron chi connectivity index (χ1n) is 9.23. The second kappa shape index (κ2) is 6.62. The quantitative estimate of drug-likeness (QED) is 0.357. The Morgan fingerprint density at radius 2 is 0.926 bits per heavy atom. The average molecular weight is 345 g/mol. The van der Waals surface area contributed by atoms with E-state index in [-0.39, 0.29) is 0 Å². The molecule has 0 saturated heterocycles. The van der Waals surface area contributed by atoms with Crippen LogP contribution in [0.5, 0.6) is 0 Å². The van der Waals surface area contributed by atoms with E-state index >= 15 is 0 Å². The van der Waals surface area contributed by atoms with Crippen molar-refractivity contribution in [2.45, 2.75) is 0 Å². The molecule has 0 amide bonds. The number of rotatable bonds is 3. The molecule has 0 bridgehead atoms. The molecular weight excluding hydrogens is 326 g/mol. The van der Waals surface area contributed by atoms with E-state index in [2.05, 4.69) is 114 Å². The van der Waals surface area contributed by atoms with Crippen molar-refractivity contribution >= 4 is 10.8 Å². The summed E-state index contributed by atoms with van der Waals surface area (Å²) in [5.41, 5.74) is 7.23. The molecule has 0 unspecified atom stereocenters. The first-order chi connectivity index (χ1) is 13.4. The average Bonchev–Trinajstić information content (AvgIpc) is 3.15. The second-order valence-electron chi connectivity index (χ2n) is 6.70. The van der Waals surface area contributed by atoms with Gasteiger partial charge in [-0.05, 0) is 22.3 Å². The minimum atomic E-state index is 1.17. The normalized spacial score (nSPS) is 11.0. The van der Waals surface area contributed by atoms with Gasteiger partial charge in [0.1, 0.15) is 0 Å². The minimum absolute atomic E-state index is 1.17. The summed E-state index contributed by atoms with van der Waals surface area (Å²) in [5, 5.41) is 2.52. The zero-order valence-corrected chi connectivity index (χ0v) is 14.9. The van der Waals surface area contributed by atoms with Crippen molar-refractivity contribution in [1.82, 2.24) is 4.98 Å². The molecule has 5 rings (SSSR count). The maximum atomic E-state index is 3.73. The van der Waals surface area contributed by atoms with Gasteiger partial charge in [0.25, 0.3) is 0 Å². The molecule has 5 aromatic rings. The molecule has 0 aliphatic rings. The molecule has 0 atom stereocenters. The van der Waals surface area contributed by atoms with Crippen LogP contribution in [-0.2, 0) is 0 Å². The van der Waals surface area contributed by atoms with Gasteiger partial charge in [-0.15, -0.1) is 0 Å². The molecular formula is C26H19N. The van der Waals surface area contributed by atoms with Crippen molar-refractivity contribution < 1.29 is 0 Å². The number of H-pyrrole nitrogens is 1. The van der Waals surface area contributed by atoms with Crippen LogP contribution in [0.15, 0.2) is 109 Å². The number of nitrogens with one attached hydrogen (secondary N) is 1. The Hall–Kier alpha value is -3.58. The van der Waals surface area contributed by atoms with Gasteiger partial charge in [0.15, 0.2) is 0 Å². The third-order valence-corrected chi connectivity index (χ3v) is 5.04. The van der Waals surface area contributed by atoms with Crippen LogP contribution >= 0.6 is 0 Å². The highest BCUT2D eigenvalue weighted by molar-refractivity contribution is 6.11. The fourth-order valence-corrected chi connectivity index (χ4v) is 3.80. The molecule has 0 radical (unpaired) electrons. The Kier molecular flexibility index (Phi) is 3.84. The molecule has 27 heavy (non-hydrogen) atoms. The first kappa shape index (κ1) is 15.7. The van der Waals surface area contributed by atoms with Gasteiger partial charge in [-0.2, -0.15) is 0 Å². The van der Waals surface area contributed by atoms with E-state index in [0.717, 1.165) is 0 Å². The lowest BCUT2D eigenvalue weighted by atomic mass is 9.96. The van der Waals surface area contributed by atoms with Gasteiger partial charge in [-0.1, -0.05) is 109 Å².